The molecular weight excluding hydrogens is 446 g/mol. The van der Waals surface area contributed by atoms with Gasteiger partial charge in [0.2, 0.25) is 23.6 Å². The molecule has 0 aliphatic rings. The number of carboxylic acids is 1. The molecule has 31 heavy (non-hydrogen) atoms. The van der Waals surface area contributed by atoms with Crippen molar-refractivity contribution in [2.75, 3.05) is 17.8 Å². The fraction of sp³-hybridized carbons (Fsp3) is 0.722. The first-order chi connectivity index (χ1) is 14.5. The molecule has 0 aromatic heterocycles. The topological polar surface area (TPSA) is 194 Å². The fourth-order valence-electron chi connectivity index (χ4n) is 2.49. The summed E-state index contributed by atoms with van der Waals surface area (Å²) >= 11 is 5.39. The van der Waals surface area contributed by atoms with Gasteiger partial charge in [0.25, 0.3) is 0 Å². The number of carboxylic acid groups (broad SMARTS) is 1. The predicted octanol–water partition coefficient (Wildman–Crippen LogP) is -1.54. The molecule has 13 heteroatoms. The van der Waals surface area contributed by atoms with Crippen molar-refractivity contribution in [3.8, 4) is 0 Å². The summed E-state index contributed by atoms with van der Waals surface area (Å²) in [6.45, 7) is 3.42. The third-order valence-corrected chi connectivity index (χ3v) is 5.63. The highest BCUT2D eigenvalue weighted by Gasteiger charge is 2.32. The Labute approximate surface area is 191 Å². The molecular formula is C18H33N5O6S2. The lowest BCUT2D eigenvalue weighted by Crippen LogP contribution is -2.58. The van der Waals surface area contributed by atoms with Gasteiger partial charge in [-0.25, -0.2) is 4.79 Å². The van der Waals surface area contributed by atoms with Gasteiger partial charge in [-0.15, -0.1) is 0 Å². The second-order valence-electron chi connectivity index (χ2n) is 7.07. The van der Waals surface area contributed by atoms with E-state index in [0.717, 1.165) is 0 Å². The van der Waals surface area contributed by atoms with E-state index in [1.54, 1.807) is 13.8 Å². The van der Waals surface area contributed by atoms with Crippen LogP contribution in [0.3, 0.4) is 0 Å². The number of nitrogens with two attached hydrogens (primary N) is 2. The Morgan fingerprint density at radius 2 is 1.58 bits per heavy atom. The zero-order chi connectivity index (χ0) is 24.1. The molecule has 0 aliphatic carbocycles. The lowest BCUT2D eigenvalue weighted by atomic mass is 9.98. The van der Waals surface area contributed by atoms with Crippen LogP contribution in [0.1, 0.15) is 33.1 Å². The van der Waals surface area contributed by atoms with E-state index in [-0.39, 0.29) is 18.1 Å². The predicted molar refractivity (Wildman–Crippen MR) is 122 cm³/mol. The van der Waals surface area contributed by atoms with E-state index in [9.17, 15) is 29.1 Å². The molecule has 5 unspecified atom stereocenters. The van der Waals surface area contributed by atoms with Crippen LogP contribution in [0.5, 0.6) is 0 Å². The van der Waals surface area contributed by atoms with E-state index in [1.807, 2.05) is 6.26 Å². The fourth-order valence-corrected chi connectivity index (χ4v) is 3.12. The van der Waals surface area contributed by atoms with Gasteiger partial charge in [0.05, 0.1) is 12.5 Å². The largest absolute Gasteiger partial charge is 0.480 e. The molecule has 0 spiro atoms. The number of primary amides is 1. The van der Waals surface area contributed by atoms with Crippen molar-refractivity contribution >= 4 is 54.0 Å². The van der Waals surface area contributed by atoms with Gasteiger partial charge in [-0.1, -0.05) is 20.3 Å². The van der Waals surface area contributed by atoms with Crippen molar-refractivity contribution in [2.24, 2.45) is 17.4 Å². The van der Waals surface area contributed by atoms with E-state index in [4.69, 9.17) is 11.5 Å². The Kier molecular flexibility index (Phi) is 14.0. The van der Waals surface area contributed by atoms with Gasteiger partial charge in [0.15, 0.2) is 0 Å². The molecule has 0 heterocycles. The van der Waals surface area contributed by atoms with Crippen LogP contribution in [0.4, 0.5) is 0 Å². The number of amides is 4. The molecule has 0 saturated heterocycles. The van der Waals surface area contributed by atoms with Crippen LogP contribution in [0.2, 0.25) is 0 Å². The number of thiol groups is 1. The minimum atomic E-state index is -1.40. The molecule has 0 saturated carbocycles. The van der Waals surface area contributed by atoms with Crippen LogP contribution in [-0.2, 0) is 24.0 Å². The number of carbonyl (C=O) groups is 5. The molecule has 0 radical (unpaired) electrons. The Balaban J connectivity index is 5.48. The maximum atomic E-state index is 12.8. The molecule has 0 rings (SSSR count). The van der Waals surface area contributed by atoms with Crippen LogP contribution in [-0.4, -0.2) is 76.6 Å². The van der Waals surface area contributed by atoms with Gasteiger partial charge < -0.3 is 32.5 Å². The molecule has 0 aromatic carbocycles. The van der Waals surface area contributed by atoms with Crippen molar-refractivity contribution in [3.05, 3.63) is 0 Å². The Morgan fingerprint density at radius 3 is 2.03 bits per heavy atom. The molecule has 0 fully saturated rings. The zero-order valence-electron chi connectivity index (χ0n) is 17.9. The lowest BCUT2D eigenvalue weighted by Gasteiger charge is -2.26. The molecule has 4 amide bonds. The van der Waals surface area contributed by atoms with Crippen molar-refractivity contribution < 1.29 is 29.1 Å². The summed E-state index contributed by atoms with van der Waals surface area (Å²) < 4.78 is 0. The number of aliphatic carboxylic acids is 1. The minimum absolute atomic E-state index is 0.0710. The van der Waals surface area contributed by atoms with Gasteiger partial charge in [-0.3, -0.25) is 19.2 Å². The van der Waals surface area contributed by atoms with E-state index < -0.39 is 60.2 Å². The average Bonchev–Trinajstić information content (AvgIpc) is 2.71. The van der Waals surface area contributed by atoms with Crippen molar-refractivity contribution in [1.29, 1.82) is 0 Å². The third kappa shape index (κ3) is 10.7. The summed E-state index contributed by atoms with van der Waals surface area (Å²) in [6, 6.07) is -4.54. The highest BCUT2D eigenvalue weighted by atomic mass is 32.2. The number of hydrogen-bond acceptors (Lipinski definition) is 8. The normalized spacial score (nSPS) is 15.6. The Morgan fingerprint density at radius 1 is 1.03 bits per heavy atom. The summed E-state index contributed by atoms with van der Waals surface area (Å²) in [5, 5.41) is 16.6. The summed E-state index contributed by atoms with van der Waals surface area (Å²) in [7, 11) is 0. The number of nitrogens with one attached hydrogen (secondary N) is 3. The highest BCUT2D eigenvalue weighted by molar-refractivity contribution is 7.98. The third-order valence-electron chi connectivity index (χ3n) is 4.59. The van der Waals surface area contributed by atoms with Gasteiger partial charge >= 0.3 is 5.97 Å². The number of carbonyl (C=O) groups excluding carboxylic acids is 4. The van der Waals surface area contributed by atoms with Gasteiger partial charge in [-0.2, -0.15) is 24.4 Å². The summed E-state index contributed by atoms with van der Waals surface area (Å²) in [5.41, 5.74) is 10.8. The summed E-state index contributed by atoms with van der Waals surface area (Å²) in [5.74, 6) is -4.06. The highest BCUT2D eigenvalue weighted by Crippen LogP contribution is 2.09. The van der Waals surface area contributed by atoms with Crippen molar-refractivity contribution in [2.45, 2.75) is 57.3 Å². The quantitative estimate of drug-likeness (QED) is 0.137. The van der Waals surface area contributed by atoms with E-state index in [0.29, 0.717) is 12.2 Å². The number of thioether (sulfide) groups is 1. The number of rotatable bonds is 15. The smallest absolute Gasteiger partial charge is 0.326 e. The molecule has 8 N–H and O–H groups in total. The van der Waals surface area contributed by atoms with Crippen molar-refractivity contribution in [1.82, 2.24) is 16.0 Å². The zero-order valence-corrected chi connectivity index (χ0v) is 19.6. The van der Waals surface area contributed by atoms with Gasteiger partial charge in [0, 0.05) is 5.75 Å². The van der Waals surface area contributed by atoms with Crippen LogP contribution in [0, 0.1) is 5.92 Å². The van der Waals surface area contributed by atoms with Crippen LogP contribution < -0.4 is 27.4 Å². The monoisotopic (exact) mass is 479 g/mol. The van der Waals surface area contributed by atoms with Gasteiger partial charge in [0.1, 0.15) is 18.1 Å². The SMILES string of the molecule is CCC(C)C(NC(=O)C(CC(N)=O)NC(=O)C(CCSC)NC(=O)C(N)CS)C(=O)O. The Hall–Kier alpha value is -1.99. The van der Waals surface area contributed by atoms with Crippen LogP contribution in [0.25, 0.3) is 0 Å². The first kappa shape index (κ1) is 29.0. The van der Waals surface area contributed by atoms with Gasteiger partial charge in [-0.05, 0) is 24.3 Å². The maximum absolute atomic E-state index is 12.8. The van der Waals surface area contributed by atoms with E-state index in [1.165, 1.54) is 11.8 Å². The van der Waals surface area contributed by atoms with Crippen LogP contribution >= 0.6 is 24.4 Å². The second-order valence-corrected chi connectivity index (χ2v) is 8.42. The summed E-state index contributed by atoms with van der Waals surface area (Å²) in [4.78, 5) is 60.4. The van der Waals surface area contributed by atoms with Crippen molar-refractivity contribution in [3.63, 3.8) is 0 Å². The molecule has 5 atom stereocenters. The summed E-state index contributed by atoms with van der Waals surface area (Å²) in [6.07, 6.45) is 2.01. The maximum Gasteiger partial charge on any atom is 0.326 e. The average molecular weight is 480 g/mol. The van der Waals surface area contributed by atoms with E-state index >= 15 is 0 Å². The van der Waals surface area contributed by atoms with E-state index in [2.05, 4.69) is 28.6 Å². The molecule has 11 nitrogen and oxygen atoms in total. The Bertz CT molecular complexity index is 651. The lowest BCUT2D eigenvalue weighted by molar-refractivity contribution is -0.144. The molecule has 0 aliphatic heterocycles. The second kappa shape index (κ2) is 14.9. The first-order valence-corrected chi connectivity index (χ1v) is 11.8. The molecule has 0 bridgehead atoms. The molecule has 0 aromatic rings. The number of hydrogen-bond donors (Lipinski definition) is 7. The first-order valence-electron chi connectivity index (χ1n) is 9.75. The minimum Gasteiger partial charge on any atom is -0.480 e. The van der Waals surface area contributed by atoms with Crippen LogP contribution in [0.15, 0.2) is 0 Å². The molecule has 178 valence electrons. The standard InChI is InChI=1S/C18H33N5O6S2/c1-4-9(2)14(18(28)29)23-17(27)12(7-13(20)24)22-16(26)11(5-6-31-3)21-15(25)10(19)8-30/h9-12,14,30H,4-8,19H2,1-3H3,(H2,20,24)(H,21,25)(H,22,26)(H,23,27)(H,28,29).